The fourth-order valence-electron chi connectivity index (χ4n) is 3.51. The fourth-order valence-corrected chi connectivity index (χ4v) is 3.51. The molecule has 3 rings (SSSR count). The van der Waals surface area contributed by atoms with Gasteiger partial charge in [-0.1, -0.05) is 0 Å². The second-order valence-corrected chi connectivity index (χ2v) is 6.87. The molecule has 0 radical (unpaired) electrons. The molecule has 0 aliphatic carbocycles. The Morgan fingerprint density at radius 1 is 1.00 bits per heavy atom. The van der Waals surface area contributed by atoms with Crippen LogP contribution < -0.4 is 19.1 Å². The monoisotopic (exact) mass is 385 g/mol. The summed E-state index contributed by atoms with van der Waals surface area (Å²) >= 11 is 0. The molecule has 150 valence electrons. The van der Waals surface area contributed by atoms with Crippen LogP contribution in [0.5, 0.6) is 17.2 Å². The van der Waals surface area contributed by atoms with Gasteiger partial charge in [0.2, 0.25) is 0 Å². The molecule has 0 spiro atoms. The van der Waals surface area contributed by atoms with Gasteiger partial charge in [-0.2, -0.15) is 0 Å². The first-order valence-electron chi connectivity index (χ1n) is 9.71. The van der Waals surface area contributed by atoms with Crippen LogP contribution in [0.15, 0.2) is 42.5 Å². The standard InChI is InChI=1S/C22H28N2O4/c1-4-28-21-15-17(5-10-20(21)27-3)16-23-11-13-24(14-12-23)22(25)18-6-8-19(26-2)9-7-18/h5-10,15H,4,11-14,16H2,1-3H3/p+1. The van der Waals surface area contributed by atoms with E-state index in [1.54, 1.807) is 14.2 Å². The quantitative estimate of drug-likeness (QED) is 0.787. The van der Waals surface area contributed by atoms with Gasteiger partial charge in [-0.3, -0.25) is 4.79 Å². The number of piperazine rings is 1. The van der Waals surface area contributed by atoms with Crippen molar-refractivity contribution >= 4 is 5.91 Å². The Morgan fingerprint density at radius 3 is 2.32 bits per heavy atom. The van der Waals surface area contributed by atoms with Crippen molar-refractivity contribution in [3.8, 4) is 17.2 Å². The van der Waals surface area contributed by atoms with E-state index < -0.39 is 0 Å². The summed E-state index contributed by atoms with van der Waals surface area (Å²) in [5.41, 5.74) is 1.93. The average molecular weight is 385 g/mol. The molecule has 0 unspecified atom stereocenters. The van der Waals surface area contributed by atoms with E-state index in [2.05, 4.69) is 12.1 Å². The Morgan fingerprint density at radius 2 is 1.71 bits per heavy atom. The summed E-state index contributed by atoms with van der Waals surface area (Å²) in [7, 11) is 3.28. The first-order chi connectivity index (χ1) is 13.6. The molecule has 1 fully saturated rings. The predicted molar refractivity (Wildman–Crippen MR) is 107 cm³/mol. The van der Waals surface area contributed by atoms with Crippen molar-refractivity contribution in [2.45, 2.75) is 13.5 Å². The zero-order valence-electron chi connectivity index (χ0n) is 16.9. The molecule has 2 aromatic rings. The van der Waals surface area contributed by atoms with Crippen molar-refractivity contribution in [1.82, 2.24) is 4.90 Å². The van der Waals surface area contributed by atoms with Gasteiger partial charge < -0.3 is 24.0 Å². The number of rotatable bonds is 7. The van der Waals surface area contributed by atoms with Gasteiger partial charge in [0, 0.05) is 11.1 Å². The number of quaternary nitrogens is 1. The summed E-state index contributed by atoms with van der Waals surface area (Å²) in [6.07, 6.45) is 0. The molecular formula is C22H29N2O4+. The van der Waals surface area contributed by atoms with Crippen LogP contribution in [0.1, 0.15) is 22.8 Å². The molecule has 6 nitrogen and oxygen atoms in total. The normalized spacial score (nSPS) is 14.6. The van der Waals surface area contributed by atoms with Gasteiger partial charge in [0.15, 0.2) is 11.5 Å². The van der Waals surface area contributed by atoms with Crippen molar-refractivity contribution in [1.29, 1.82) is 0 Å². The third-order valence-electron chi connectivity index (χ3n) is 5.08. The molecule has 0 bridgehead atoms. The molecule has 2 aromatic carbocycles. The van der Waals surface area contributed by atoms with Crippen molar-refractivity contribution in [2.24, 2.45) is 0 Å². The molecule has 0 atom stereocenters. The Balaban J connectivity index is 1.56. The molecule has 1 aliphatic heterocycles. The third-order valence-corrected chi connectivity index (χ3v) is 5.08. The minimum absolute atomic E-state index is 0.0878. The van der Waals surface area contributed by atoms with E-state index >= 15 is 0 Å². The summed E-state index contributed by atoms with van der Waals surface area (Å²) in [6, 6.07) is 13.4. The van der Waals surface area contributed by atoms with Crippen LogP contribution in [-0.4, -0.2) is 57.8 Å². The maximum atomic E-state index is 12.7. The highest BCUT2D eigenvalue weighted by atomic mass is 16.5. The maximum Gasteiger partial charge on any atom is 0.254 e. The molecule has 0 saturated carbocycles. The van der Waals surface area contributed by atoms with Crippen LogP contribution in [-0.2, 0) is 6.54 Å². The molecule has 1 heterocycles. The smallest absolute Gasteiger partial charge is 0.254 e. The number of carbonyl (C=O) groups excluding carboxylic acids is 1. The number of ether oxygens (including phenoxy) is 3. The van der Waals surface area contributed by atoms with E-state index in [4.69, 9.17) is 14.2 Å². The third kappa shape index (κ3) is 4.75. The van der Waals surface area contributed by atoms with Crippen molar-refractivity contribution < 1.29 is 23.9 Å². The Hall–Kier alpha value is -2.73. The van der Waals surface area contributed by atoms with Gasteiger partial charge in [-0.05, 0) is 49.4 Å². The van der Waals surface area contributed by atoms with Crippen LogP contribution >= 0.6 is 0 Å². The summed E-state index contributed by atoms with van der Waals surface area (Å²) < 4.78 is 16.2. The molecule has 1 saturated heterocycles. The Kier molecular flexibility index (Phi) is 6.76. The second-order valence-electron chi connectivity index (χ2n) is 6.87. The van der Waals surface area contributed by atoms with Gasteiger partial charge >= 0.3 is 0 Å². The average Bonchev–Trinajstić information content (AvgIpc) is 2.74. The first-order valence-corrected chi connectivity index (χ1v) is 9.71. The van der Waals surface area contributed by atoms with Crippen molar-refractivity contribution in [2.75, 3.05) is 47.0 Å². The van der Waals surface area contributed by atoms with E-state index in [0.717, 1.165) is 50.0 Å². The van der Waals surface area contributed by atoms with Crippen LogP contribution in [0, 0.1) is 0 Å². The minimum atomic E-state index is 0.0878. The largest absolute Gasteiger partial charge is 0.497 e. The molecule has 1 N–H and O–H groups in total. The number of benzene rings is 2. The molecule has 1 aliphatic rings. The fraction of sp³-hybridized carbons (Fsp3) is 0.409. The first kappa shape index (κ1) is 20.0. The van der Waals surface area contributed by atoms with E-state index in [1.807, 2.05) is 42.2 Å². The lowest BCUT2D eigenvalue weighted by Gasteiger charge is -2.32. The van der Waals surface area contributed by atoms with Crippen LogP contribution in [0.3, 0.4) is 0 Å². The number of carbonyl (C=O) groups is 1. The van der Waals surface area contributed by atoms with Crippen LogP contribution in [0.25, 0.3) is 0 Å². The van der Waals surface area contributed by atoms with E-state index in [0.29, 0.717) is 12.2 Å². The zero-order valence-corrected chi connectivity index (χ0v) is 16.9. The second kappa shape index (κ2) is 9.46. The van der Waals surface area contributed by atoms with Crippen LogP contribution in [0.4, 0.5) is 0 Å². The zero-order chi connectivity index (χ0) is 19.9. The highest BCUT2D eigenvalue weighted by Gasteiger charge is 2.25. The number of hydrogen-bond donors (Lipinski definition) is 1. The number of hydrogen-bond acceptors (Lipinski definition) is 4. The summed E-state index contributed by atoms with van der Waals surface area (Å²) in [4.78, 5) is 16.1. The number of methoxy groups -OCH3 is 2. The number of amides is 1. The molecule has 1 amide bonds. The Bertz CT molecular complexity index is 784. The lowest BCUT2D eigenvalue weighted by Crippen LogP contribution is -3.13. The molecule has 6 heteroatoms. The van der Waals surface area contributed by atoms with Gasteiger partial charge in [0.25, 0.3) is 5.91 Å². The summed E-state index contributed by atoms with van der Waals surface area (Å²) in [5.74, 6) is 2.40. The molecule has 28 heavy (non-hydrogen) atoms. The minimum Gasteiger partial charge on any atom is -0.497 e. The van der Waals surface area contributed by atoms with Crippen molar-refractivity contribution in [3.05, 3.63) is 53.6 Å². The van der Waals surface area contributed by atoms with Gasteiger partial charge in [0.1, 0.15) is 12.3 Å². The van der Waals surface area contributed by atoms with Crippen LogP contribution in [0.2, 0.25) is 0 Å². The summed E-state index contributed by atoms with van der Waals surface area (Å²) in [5, 5.41) is 0. The highest BCUT2D eigenvalue weighted by molar-refractivity contribution is 5.94. The summed E-state index contributed by atoms with van der Waals surface area (Å²) in [6.45, 7) is 6.86. The number of nitrogens with zero attached hydrogens (tertiary/aromatic N) is 1. The van der Waals surface area contributed by atoms with E-state index in [1.165, 1.54) is 10.5 Å². The van der Waals surface area contributed by atoms with Gasteiger partial charge in [0.05, 0.1) is 47.0 Å². The molecular weight excluding hydrogens is 356 g/mol. The van der Waals surface area contributed by atoms with Gasteiger partial charge in [-0.25, -0.2) is 0 Å². The highest BCUT2D eigenvalue weighted by Crippen LogP contribution is 2.27. The van der Waals surface area contributed by atoms with E-state index in [9.17, 15) is 4.79 Å². The lowest BCUT2D eigenvalue weighted by atomic mass is 10.1. The number of nitrogens with one attached hydrogen (secondary N) is 1. The van der Waals surface area contributed by atoms with Gasteiger partial charge in [-0.15, -0.1) is 0 Å². The maximum absolute atomic E-state index is 12.7. The topological polar surface area (TPSA) is 52.4 Å². The van der Waals surface area contributed by atoms with Crippen molar-refractivity contribution in [3.63, 3.8) is 0 Å². The van der Waals surface area contributed by atoms with E-state index in [-0.39, 0.29) is 5.91 Å². The predicted octanol–water partition coefficient (Wildman–Crippen LogP) is 1.64. The Labute approximate surface area is 166 Å². The SMILES string of the molecule is CCOc1cc(C[NH+]2CCN(C(=O)c3ccc(OC)cc3)CC2)ccc1OC. The lowest BCUT2D eigenvalue weighted by molar-refractivity contribution is -0.917. The molecule has 0 aromatic heterocycles.